The quantitative estimate of drug-likeness (QED) is 0.768. The molecule has 0 atom stereocenters. The molecule has 0 aromatic carbocycles. The minimum Gasteiger partial charge on any atom is -0.381 e. The molecular weight excluding hydrogens is 242 g/mol. The van der Waals surface area contributed by atoms with Gasteiger partial charge in [0, 0.05) is 25.2 Å². The maximum absolute atomic E-state index is 11.0. The van der Waals surface area contributed by atoms with Gasteiger partial charge in [0.1, 0.15) is 0 Å². The van der Waals surface area contributed by atoms with Gasteiger partial charge >= 0.3 is 0 Å². The van der Waals surface area contributed by atoms with Gasteiger partial charge in [-0.1, -0.05) is 13.8 Å². The Kier molecular flexibility index (Phi) is 5.37. The normalized spacial score (nSPS) is 19.5. The molecule has 2 N–H and O–H groups in total. The van der Waals surface area contributed by atoms with Crippen LogP contribution in [0.2, 0.25) is 0 Å². The minimum atomic E-state index is -3.44. The van der Waals surface area contributed by atoms with Crippen LogP contribution >= 0.6 is 0 Å². The van der Waals surface area contributed by atoms with E-state index in [1.807, 2.05) is 13.8 Å². The highest BCUT2D eigenvalue weighted by molar-refractivity contribution is 7.89. The van der Waals surface area contributed by atoms with Crippen LogP contribution in [0, 0.1) is 11.3 Å². The zero-order chi connectivity index (χ0) is 12.9. The van der Waals surface area contributed by atoms with Gasteiger partial charge in [0.25, 0.3) is 0 Å². The van der Waals surface area contributed by atoms with Crippen LogP contribution in [0.25, 0.3) is 0 Å². The fourth-order valence-corrected chi connectivity index (χ4v) is 3.17. The Morgan fingerprint density at radius 3 is 2.47 bits per heavy atom. The van der Waals surface area contributed by atoms with E-state index in [9.17, 15) is 8.42 Å². The third-order valence-electron chi connectivity index (χ3n) is 2.78. The number of nitrogens with two attached hydrogens (primary N) is 1. The van der Waals surface area contributed by atoms with E-state index in [1.165, 1.54) is 0 Å². The predicted octanol–water partition coefficient (Wildman–Crippen LogP) is 0.744. The smallest absolute Gasteiger partial charge is 0.209 e. The van der Waals surface area contributed by atoms with Crippen molar-refractivity contribution in [2.45, 2.75) is 26.7 Å². The van der Waals surface area contributed by atoms with E-state index in [2.05, 4.69) is 0 Å². The van der Waals surface area contributed by atoms with Gasteiger partial charge in [-0.25, -0.2) is 13.6 Å². The summed E-state index contributed by atoms with van der Waals surface area (Å²) in [5.74, 6) is 0.488. The molecule has 102 valence electrons. The largest absolute Gasteiger partial charge is 0.381 e. The topological polar surface area (TPSA) is 78.6 Å². The van der Waals surface area contributed by atoms with Crippen molar-refractivity contribution in [2.24, 2.45) is 16.5 Å². The second-order valence-corrected chi connectivity index (χ2v) is 7.16. The van der Waals surface area contributed by atoms with Crippen molar-refractivity contribution in [1.82, 2.24) is 0 Å². The van der Waals surface area contributed by atoms with Gasteiger partial charge < -0.3 is 9.47 Å². The molecule has 0 radical (unpaired) electrons. The Morgan fingerprint density at radius 2 is 1.94 bits per heavy atom. The highest BCUT2D eigenvalue weighted by Gasteiger charge is 2.25. The van der Waals surface area contributed by atoms with Gasteiger partial charge in [0.2, 0.25) is 10.0 Å². The molecule has 1 heterocycles. The summed E-state index contributed by atoms with van der Waals surface area (Å²) in [6, 6.07) is 0. The molecule has 0 aliphatic carbocycles. The fourth-order valence-electron chi connectivity index (χ4n) is 2.00. The van der Waals surface area contributed by atoms with E-state index in [0.29, 0.717) is 19.1 Å². The SMILES string of the molecule is CC(C)(COCC1CCOCC1)CS(N)(=O)=O. The zero-order valence-electron chi connectivity index (χ0n) is 10.6. The van der Waals surface area contributed by atoms with Crippen LogP contribution in [0.3, 0.4) is 0 Å². The molecular formula is C11H23NO4S. The molecule has 1 aliphatic heterocycles. The molecule has 0 unspecified atom stereocenters. The average molecular weight is 265 g/mol. The van der Waals surface area contributed by atoms with Crippen molar-refractivity contribution < 1.29 is 17.9 Å². The summed E-state index contributed by atoms with van der Waals surface area (Å²) in [7, 11) is -3.44. The van der Waals surface area contributed by atoms with Gasteiger partial charge in [-0.3, -0.25) is 0 Å². The van der Waals surface area contributed by atoms with E-state index in [4.69, 9.17) is 14.6 Å². The number of primary sulfonamides is 1. The van der Waals surface area contributed by atoms with Crippen LogP contribution < -0.4 is 5.14 Å². The Labute approximate surface area is 104 Å². The van der Waals surface area contributed by atoms with Crippen molar-refractivity contribution in [3.63, 3.8) is 0 Å². The Balaban J connectivity index is 2.24. The number of hydrogen-bond acceptors (Lipinski definition) is 4. The van der Waals surface area contributed by atoms with Gasteiger partial charge in [-0.2, -0.15) is 0 Å². The second kappa shape index (κ2) is 6.13. The van der Waals surface area contributed by atoms with E-state index < -0.39 is 15.4 Å². The van der Waals surface area contributed by atoms with Gasteiger partial charge in [0.15, 0.2) is 0 Å². The maximum Gasteiger partial charge on any atom is 0.209 e. The predicted molar refractivity (Wildman–Crippen MR) is 66.1 cm³/mol. The first kappa shape index (κ1) is 14.9. The van der Waals surface area contributed by atoms with Crippen LogP contribution in [0.1, 0.15) is 26.7 Å². The van der Waals surface area contributed by atoms with Gasteiger partial charge in [-0.15, -0.1) is 0 Å². The summed E-state index contributed by atoms with van der Waals surface area (Å²) in [5, 5.41) is 5.04. The Bertz CT molecular complexity index is 320. The van der Waals surface area contributed by atoms with Crippen molar-refractivity contribution >= 4 is 10.0 Å². The van der Waals surface area contributed by atoms with Crippen molar-refractivity contribution in [3.05, 3.63) is 0 Å². The Morgan fingerprint density at radius 1 is 1.35 bits per heavy atom. The molecule has 1 rings (SSSR count). The number of rotatable bonds is 6. The van der Waals surface area contributed by atoms with Crippen LogP contribution in [-0.2, 0) is 19.5 Å². The van der Waals surface area contributed by atoms with E-state index in [0.717, 1.165) is 26.1 Å². The molecule has 0 amide bonds. The molecule has 0 aromatic heterocycles. The number of hydrogen-bond donors (Lipinski definition) is 1. The van der Waals surface area contributed by atoms with E-state index >= 15 is 0 Å². The molecule has 0 aromatic rings. The third-order valence-corrected chi connectivity index (χ3v) is 3.96. The summed E-state index contributed by atoms with van der Waals surface area (Å²) in [6.45, 7) is 6.39. The molecule has 0 spiro atoms. The lowest BCUT2D eigenvalue weighted by Gasteiger charge is -2.26. The zero-order valence-corrected chi connectivity index (χ0v) is 11.5. The lowest BCUT2D eigenvalue weighted by molar-refractivity contribution is 0.00218. The molecule has 0 bridgehead atoms. The molecule has 5 nitrogen and oxygen atoms in total. The van der Waals surface area contributed by atoms with Crippen molar-refractivity contribution in [2.75, 3.05) is 32.2 Å². The summed E-state index contributed by atoms with van der Waals surface area (Å²) in [6.07, 6.45) is 2.05. The monoisotopic (exact) mass is 265 g/mol. The summed E-state index contributed by atoms with van der Waals surface area (Å²) in [5.41, 5.74) is -0.432. The summed E-state index contributed by atoms with van der Waals surface area (Å²) < 4.78 is 32.9. The third kappa shape index (κ3) is 6.98. The first-order chi connectivity index (χ1) is 7.79. The molecule has 1 aliphatic rings. The van der Waals surface area contributed by atoms with Crippen LogP contribution in [-0.4, -0.2) is 40.6 Å². The highest BCUT2D eigenvalue weighted by atomic mass is 32.2. The molecule has 1 saturated heterocycles. The summed E-state index contributed by atoms with van der Waals surface area (Å²) in [4.78, 5) is 0. The standard InChI is InChI=1S/C11H23NO4S/c1-11(2,9-17(12,13)14)8-16-7-10-3-5-15-6-4-10/h10H,3-9H2,1-2H3,(H2,12,13,14). The molecule has 6 heteroatoms. The first-order valence-corrected chi connectivity index (χ1v) is 7.66. The number of ether oxygens (including phenoxy) is 2. The summed E-state index contributed by atoms with van der Waals surface area (Å²) >= 11 is 0. The molecule has 17 heavy (non-hydrogen) atoms. The molecule has 1 fully saturated rings. The average Bonchev–Trinajstić information content (AvgIpc) is 2.15. The molecule has 0 saturated carbocycles. The lowest BCUT2D eigenvalue weighted by atomic mass is 9.97. The maximum atomic E-state index is 11.0. The van der Waals surface area contributed by atoms with Crippen molar-refractivity contribution in [3.8, 4) is 0 Å². The lowest BCUT2D eigenvalue weighted by Crippen LogP contribution is -2.33. The van der Waals surface area contributed by atoms with Crippen LogP contribution in [0.4, 0.5) is 0 Å². The van der Waals surface area contributed by atoms with Crippen LogP contribution in [0.5, 0.6) is 0 Å². The highest BCUT2D eigenvalue weighted by Crippen LogP contribution is 2.20. The minimum absolute atomic E-state index is 0.0478. The van der Waals surface area contributed by atoms with Crippen molar-refractivity contribution in [1.29, 1.82) is 0 Å². The van der Waals surface area contributed by atoms with E-state index in [-0.39, 0.29) is 5.75 Å². The van der Waals surface area contributed by atoms with Gasteiger partial charge in [0.05, 0.1) is 12.4 Å². The van der Waals surface area contributed by atoms with Crippen LogP contribution in [0.15, 0.2) is 0 Å². The number of sulfonamides is 1. The second-order valence-electron chi connectivity index (χ2n) is 5.54. The first-order valence-electron chi connectivity index (χ1n) is 5.94. The van der Waals surface area contributed by atoms with E-state index in [1.54, 1.807) is 0 Å². The van der Waals surface area contributed by atoms with Gasteiger partial charge in [-0.05, 0) is 18.8 Å². The fraction of sp³-hybridized carbons (Fsp3) is 1.00. The Hall–Kier alpha value is -0.170.